The Bertz CT molecular complexity index is 1400. The predicted octanol–water partition coefficient (Wildman–Crippen LogP) is 4.99. The molecule has 5 rings (SSSR count). The van der Waals surface area contributed by atoms with Crippen molar-refractivity contribution in [2.75, 3.05) is 0 Å². The normalized spacial score (nSPS) is 17.6. The Hall–Kier alpha value is -3.49. The Morgan fingerprint density at radius 1 is 0.833 bits per heavy atom. The first-order valence-corrected chi connectivity index (χ1v) is 12.4. The van der Waals surface area contributed by atoms with Gasteiger partial charge in [-0.05, 0) is 67.6 Å². The predicted molar refractivity (Wildman–Crippen MR) is 136 cm³/mol. The summed E-state index contributed by atoms with van der Waals surface area (Å²) in [5.74, 6) is -0.298. The van der Waals surface area contributed by atoms with E-state index in [9.17, 15) is 9.59 Å². The highest BCUT2D eigenvalue weighted by Crippen LogP contribution is 2.21. The quantitative estimate of drug-likeness (QED) is 0.368. The van der Waals surface area contributed by atoms with Crippen molar-refractivity contribution in [2.24, 2.45) is 0 Å². The Morgan fingerprint density at radius 2 is 1.50 bits per heavy atom. The van der Waals surface area contributed by atoms with Crippen LogP contribution in [0.5, 0.6) is 0 Å². The van der Waals surface area contributed by atoms with Crippen LogP contribution in [0.4, 0.5) is 0 Å². The van der Waals surface area contributed by atoms with E-state index in [1.807, 2.05) is 24.3 Å². The van der Waals surface area contributed by atoms with Crippen molar-refractivity contribution in [1.29, 1.82) is 0 Å². The summed E-state index contributed by atoms with van der Waals surface area (Å²) < 4.78 is 5.54. The molecular weight excluding hydrogens is 501 g/mol. The Balaban J connectivity index is 1.10. The van der Waals surface area contributed by atoms with E-state index < -0.39 is 5.91 Å². The van der Waals surface area contributed by atoms with Crippen LogP contribution in [0.1, 0.15) is 58.3 Å². The number of rotatable bonds is 6. The highest BCUT2D eigenvalue weighted by Gasteiger charge is 2.26. The van der Waals surface area contributed by atoms with E-state index in [0.717, 1.165) is 42.1 Å². The standard InChI is InChI=1S/C26H23Cl2N5O3/c27-17-4-1-15(2-5-17)13-23-32-33-26(36-23)25(35)30-20-9-7-19(8-10-20)29-24(34)22-11-3-16-14-18(28)6-12-21(16)31-22/h1-6,11-12,14,19-20H,7-10,13H2,(H,29,34)(H,30,35)/t19-,20-. The summed E-state index contributed by atoms with van der Waals surface area (Å²) in [4.78, 5) is 29.7. The highest BCUT2D eigenvalue weighted by atomic mass is 35.5. The summed E-state index contributed by atoms with van der Waals surface area (Å²) in [6.45, 7) is 0. The zero-order valence-electron chi connectivity index (χ0n) is 19.2. The molecule has 2 aromatic heterocycles. The lowest BCUT2D eigenvalue weighted by Gasteiger charge is -2.29. The van der Waals surface area contributed by atoms with E-state index in [4.69, 9.17) is 27.6 Å². The monoisotopic (exact) mass is 523 g/mol. The minimum absolute atomic E-state index is 0.0164. The van der Waals surface area contributed by atoms with E-state index in [-0.39, 0.29) is 23.9 Å². The van der Waals surface area contributed by atoms with Gasteiger partial charge in [0.15, 0.2) is 0 Å². The maximum Gasteiger partial charge on any atom is 0.309 e. The van der Waals surface area contributed by atoms with Gasteiger partial charge in [-0.1, -0.05) is 41.4 Å². The molecule has 2 aromatic carbocycles. The summed E-state index contributed by atoms with van der Waals surface area (Å²) >= 11 is 11.9. The van der Waals surface area contributed by atoms with Crippen molar-refractivity contribution in [3.05, 3.63) is 87.7 Å². The van der Waals surface area contributed by atoms with Crippen molar-refractivity contribution in [3.63, 3.8) is 0 Å². The highest BCUT2D eigenvalue weighted by molar-refractivity contribution is 6.31. The number of pyridine rings is 1. The number of nitrogens with one attached hydrogen (secondary N) is 2. The molecule has 0 saturated heterocycles. The number of nitrogens with zero attached hydrogens (tertiary/aromatic N) is 3. The second-order valence-corrected chi connectivity index (χ2v) is 9.71. The van der Waals surface area contributed by atoms with Gasteiger partial charge in [-0.3, -0.25) is 9.59 Å². The second-order valence-electron chi connectivity index (χ2n) is 8.83. The lowest BCUT2D eigenvalue weighted by molar-refractivity contribution is 0.0868. The fourth-order valence-corrected chi connectivity index (χ4v) is 4.61. The summed E-state index contributed by atoms with van der Waals surface area (Å²) in [5, 5.41) is 16.0. The average Bonchev–Trinajstić information content (AvgIpc) is 3.35. The molecule has 4 aromatic rings. The van der Waals surface area contributed by atoms with Crippen LogP contribution in [0, 0.1) is 0 Å². The fraction of sp³-hybridized carbons (Fsp3) is 0.269. The van der Waals surface area contributed by atoms with Gasteiger partial charge in [0.1, 0.15) is 5.69 Å². The fourth-order valence-electron chi connectivity index (χ4n) is 4.31. The molecule has 0 radical (unpaired) electrons. The van der Waals surface area contributed by atoms with Crippen LogP contribution in [0.3, 0.4) is 0 Å². The maximum atomic E-state index is 12.7. The Morgan fingerprint density at radius 3 is 2.22 bits per heavy atom. The molecule has 0 spiro atoms. The van der Waals surface area contributed by atoms with Crippen LogP contribution in [0.2, 0.25) is 10.0 Å². The molecule has 0 bridgehead atoms. The molecule has 8 nitrogen and oxygen atoms in total. The zero-order chi connectivity index (χ0) is 25.1. The van der Waals surface area contributed by atoms with Gasteiger partial charge in [0.05, 0.1) is 11.9 Å². The molecule has 1 fully saturated rings. The van der Waals surface area contributed by atoms with Crippen LogP contribution in [0.25, 0.3) is 10.9 Å². The third kappa shape index (κ3) is 5.83. The molecule has 10 heteroatoms. The van der Waals surface area contributed by atoms with Crippen molar-refractivity contribution >= 4 is 45.9 Å². The van der Waals surface area contributed by atoms with E-state index in [2.05, 4.69) is 25.8 Å². The minimum atomic E-state index is -0.391. The first-order valence-electron chi connectivity index (χ1n) is 11.7. The summed E-state index contributed by atoms with van der Waals surface area (Å²) in [7, 11) is 0. The second kappa shape index (κ2) is 10.6. The summed E-state index contributed by atoms with van der Waals surface area (Å²) in [6, 6.07) is 16.2. The van der Waals surface area contributed by atoms with E-state index in [0.29, 0.717) is 28.1 Å². The van der Waals surface area contributed by atoms with E-state index in [1.54, 1.807) is 30.3 Å². The third-order valence-corrected chi connectivity index (χ3v) is 6.70. The molecule has 2 heterocycles. The number of carbonyl (C=O) groups excluding carboxylic acids is 2. The molecule has 0 aliphatic heterocycles. The molecule has 1 saturated carbocycles. The van der Waals surface area contributed by atoms with Gasteiger partial charge in [0.2, 0.25) is 5.89 Å². The van der Waals surface area contributed by atoms with Crippen LogP contribution < -0.4 is 10.6 Å². The molecule has 1 aliphatic rings. The largest absolute Gasteiger partial charge is 0.417 e. The SMILES string of the molecule is O=C(N[C@H]1CC[C@H](NC(=O)c2nnc(Cc3ccc(Cl)cc3)o2)CC1)c1ccc2cc(Cl)ccc2n1. The van der Waals surface area contributed by atoms with Crippen LogP contribution in [0.15, 0.2) is 59.0 Å². The summed E-state index contributed by atoms with van der Waals surface area (Å²) in [6.07, 6.45) is 3.36. The topological polar surface area (TPSA) is 110 Å². The number of carbonyl (C=O) groups is 2. The van der Waals surface area contributed by atoms with E-state index in [1.165, 1.54) is 0 Å². The van der Waals surface area contributed by atoms with Crippen LogP contribution in [-0.2, 0) is 6.42 Å². The maximum absolute atomic E-state index is 12.7. The van der Waals surface area contributed by atoms with Crippen LogP contribution >= 0.6 is 23.2 Å². The van der Waals surface area contributed by atoms with Crippen molar-refractivity contribution in [3.8, 4) is 0 Å². The van der Waals surface area contributed by atoms with Gasteiger partial charge in [0.25, 0.3) is 5.91 Å². The van der Waals surface area contributed by atoms with Gasteiger partial charge < -0.3 is 15.1 Å². The third-order valence-electron chi connectivity index (χ3n) is 6.21. The molecule has 36 heavy (non-hydrogen) atoms. The molecule has 0 atom stereocenters. The number of benzene rings is 2. The van der Waals surface area contributed by atoms with Gasteiger partial charge in [-0.2, -0.15) is 0 Å². The molecule has 184 valence electrons. The smallest absolute Gasteiger partial charge is 0.309 e. The molecular formula is C26H23Cl2N5O3. The molecule has 2 N–H and O–H groups in total. The number of hydrogen-bond donors (Lipinski definition) is 2. The number of amides is 2. The molecule has 0 unspecified atom stereocenters. The van der Waals surface area contributed by atoms with Crippen molar-refractivity contribution in [1.82, 2.24) is 25.8 Å². The number of fused-ring (bicyclic) bond motifs is 1. The zero-order valence-corrected chi connectivity index (χ0v) is 20.7. The van der Waals surface area contributed by atoms with Crippen molar-refractivity contribution in [2.45, 2.75) is 44.2 Å². The van der Waals surface area contributed by atoms with Gasteiger partial charge in [-0.25, -0.2) is 4.98 Å². The van der Waals surface area contributed by atoms with Crippen molar-refractivity contribution < 1.29 is 14.0 Å². The first-order chi connectivity index (χ1) is 17.4. The van der Waals surface area contributed by atoms with Gasteiger partial charge in [-0.15, -0.1) is 10.2 Å². The first kappa shape index (κ1) is 24.2. The Labute approximate surface area is 217 Å². The lowest BCUT2D eigenvalue weighted by atomic mass is 9.91. The molecule has 2 amide bonds. The average molecular weight is 524 g/mol. The minimum Gasteiger partial charge on any atom is -0.417 e. The van der Waals surface area contributed by atoms with Gasteiger partial charge in [0, 0.05) is 27.5 Å². The number of hydrogen-bond acceptors (Lipinski definition) is 6. The lowest BCUT2D eigenvalue weighted by Crippen LogP contribution is -2.44. The molecule has 1 aliphatic carbocycles. The Kier molecular flexibility index (Phi) is 7.16. The van der Waals surface area contributed by atoms with Gasteiger partial charge >= 0.3 is 11.8 Å². The summed E-state index contributed by atoms with van der Waals surface area (Å²) in [5.41, 5.74) is 2.04. The van der Waals surface area contributed by atoms with E-state index >= 15 is 0 Å². The number of aromatic nitrogens is 3. The van der Waals surface area contributed by atoms with Crippen LogP contribution in [-0.4, -0.2) is 39.1 Å². The number of halogens is 2.